The number of phosphoric acid groups is 2. The molecule has 0 spiro atoms. The molecule has 10 heteroatoms. The summed E-state index contributed by atoms with van der Waals surface area (Å²) >= 11 is 0. The van der Waals surface area contributed by atoms with Crippen molar-refractivity contribution in [2.45, 2.75) is 0 Å². The zero-order chi connectivity index (χ0) is 7.71. The molecule has 0 heterocycles. The largest absolute Gasteiger partial charge is 4.00 e. The van der Waals surface area contributed by atoms with Gasteiger partial charge in [-0.15, -0.1) is 0 Å². The molecule has 7 nitrogen and oxygen atoms in total. The Balaban J connectivity index is 0. The van der Waals surface area contributed by atoms with Gasteiger partial charge in [0.25, 0.3) is 0 Å². The molecule has 0 rings (SSSR count). The van der Waals surface area contributed by atoms with Gasteiger partial charge in [-0.25, -0.2) is 0 Å². The Labute approximate surface area is 68.6 Å². The topological polar surface area (TPSA) is 136 Å². The summed E-state index contributed by atoms with van der Waals surface area (Å²) in [7, 11) is -11.4. The number of rotatable bonds is 2. The fraction of sp³-hybridized carbons (Fsp3) is 0. The first-order valence-corrected chi connectivity index (χ1v) is 4.38. The van der Waals surface area contributed by atoms with Crippen LogP contribution in [0.4, 0.5) is 0 Å². The van der Waals surface area contributed by atoms with Gasteiger partial charge in [0, 0.05) is 0 Å². The molecule has 0 saturated carbocycles. The van der Waals surface area contributed by atoms with Crippen molar-refractivity contribution in [1.82, 2.24) is 0 Å². The minimum atomic E-state index is -5.68. The second-order valence-corrected chi connectivity index (χ2v) is 3.42. The van der Waals surface area contributed by atoms with Crippen molar-refractivity contribution in [3.8, 4) is 0 Å². The molecule has 0 saturated heterocycles. The van der Waals surface area contributed by atoms with Crippen LogP contribution in [0.15, 0.2) is 0 Å². The van der Waals surface area contributed by atoms with E-state index in [4.69, 9.17) is 0 Å². The third-order valence-corrected chi connectivity index (χ3v) is 1.80. The summed E-state index contributed by atoms with van der Waals surface area (Å²) in [4.78, 5) is 37.3. The number of hydrogen-bond acceptors (Lipinski definition) is 7. The Hall–Kier alpha value is 0.883. The molecule has 0 radical (unpaired) electrons. The van der Waals surface area contributed by atoms with E-state index in [1.54, 1.807) is 0 Å². The van der Waals surface area contributed by atoms with Gasteiger partial charge in [0.1, 0.15) is 0 Å². The van der Waals surface area contributed by atoms with Gasteiger partial charge in [-0.2, -0.15) is 0 Å². The fourth-order valence-corrected chi connectivity index (χ4v) is 1.10. The van der Waals surface area contributed by atoms with Gasteiger partial charge < -0.3 is 33.0 Å². The van der Waals surface area contributed by atoms with E-state index in [1.165, 1.54) is 0 Å². The average molecular weight is 275 g/mol. The van der Waals surface area contributed by atoms with Gasteiger partial charge in [-0.3, -0.25) is 0 Å². The first kappa shape index (κ1) is 13.5. The summed E-state index contributed by atoms with van der Waals surface area (Å²) in [5.74, 6) is 0. The average Bonchev–Trinajstić information content (AvgIpc) is 1.14. The van der Waals surface area contributed by atoms with Crippen LogP contribution in [0.1, 0.15) is 0 Å². The van der Waals surface area contributed by atoms with Crippen LogP contribution < -0.4 is 19.6 Å². The minimum Gasteiger partial charge on any atom is -0.790 e. The van der Waals surface area contributed by atoms with Gasteiger partial charge in [0.05, 0.1) is 15.6 Å². The van der Waals surface area contributed by atoms with E-state index in [0.717, 1.165) is 0 Å². The molecule has 10 heavy (non-hydrogen) atoms. The molecule has 0 aromatic heterocycles. The quantitative estimate of drug-likeness (QED) is 0.379. The maximum absolute atomic E-state index is 9.32. The van der Waals surface area contributed by atoms with Crippen molar-refractivity contribution in [3.63, 3.8) is 0 Å². The van der Waals surface area contributed by atoms with E-state index in [1.807, 2.05) is 0 Å². The summed E-state index contributed by atoms with van der Waals surface area (Å²) in [5.41, 5.74) is 0. The van der Waals surface area contributed by atoms with Crippen molar-refractivity contribution < 1.29 is 52.5 Å². The van der Waals surface area contributed by atoms with Crippen LogP contribution in [-0.2, 0) is 32.9 Å². The normalized spacial score (nSPS) is 12.4. The molecule has 0 amide bonds. The van der Waals surface area contributed by atoms with Crippen molar-refractivity contribution in [2.75, 3.05) is 0 Å². The van der Waals surface area contributed by atoms with E-state index >= 15 is 0 Å². The zero-order valence-electron chi connectivity index (χ0n) is 4.11. The molecule has 0 aliphatic rings. The van der Waals surface area contributed by atoms with Crippen LogP contribution in [0, 0.1) is 0 Å². The first-order valence-electron chi connectivity index (χ1n) is 1.46. The summed E-state index contributed by atoms with van der Waals surface area (Å²) in [6.45, 7) is 0. The van der Waals surface area contributed by atoms with Crippen LogP contribution in [0.3, 0.4) is 0 Å². The molecule has 60 valence electrons. The molecule has 0 atom stereocenters. The van der Waals surface area contributed by atoms with E-state index in [2.05, 4.69) is 4.31 Å². The second-order valence-electron chi connectivity index (χ2n) is 0.976. The molecule has 0 N–H and O–H groups in total. The van der Waals surface area contributed by atoms with E-state index in [-0.39, 0.29) is 19.5 Å². The first-order chi connectivity index (χ1) is 3.71. The molecule has 0 fully saturated rings. The van der Waals surface area contributed by atoms with E-state index in [9.17, 15) is 28.7 Å². The molecular weight excluding hydrogens is 275 g/mol. The van der Waals surface area contributed by atoms with Crippen molar-refractivity contribution in [2.24, 2.45) is 0 Å². The van der Waals surface area contributed by atoms with E-state index < -0.39 is 15.6 Å². The van der Waals surface area contributed by atoms with Crippen molar-refractivity contribution in [1.29, 1.82) is 0 Å². The predicted molar refractivity (Wildman–Crippen MR) is 16.3 cm³/mol. The Bertz CT molecular complexity index is 152. The smallest absolute Gasteiger partial charge is 0.790 e. The van der Waals surface area contributed by atoms with Crippen LogP contribution >= 0.6 is 15.6 Å². The van der Waals surface area contributed by atoms with Gasteiger partial charge in [0.2, 0.25) is 0 Å². The molecule has 0 aromatic rings. The summed E-state index contributed by atoms with van der Waals surface area (Å²) in [5, 5.41) is 0. The predicted octanol–water partition coefficient (Wildman–Crippen LogP) is -3.34. The molecule has 0 aliphatic carbocycles. The van der Waals surface area contributed by atoms with Crippen LogP contribution in [0.2, 0.25) is 0 Å². The Kier molecular flexibility index (Phi) is 5.45. The van der Waals surface area contributed by atoms with Gasteiger partial charge >= 0.3 is 19.5 Å². The molecular formula is O7P2Ru. The third-order valence-electron chi connectivity index (χ3n) is 0.200. The SMILES string of the molecule is O=P([O-])([O-])OP(=O)([O-])[O-].[Ru+4]. The monoisotopic (exact) mass is 276 g/mol. The van der Waals surface area contributed by atoms with E-state index in [0.29, 0.717) is 0 Å². The van der Waals surface area contributed by atoms with Gasteiger partial charge in [-0.05, 0) is 0 Å². The van der Waals surface area contributed by atoms with Crippen LogP contribution in [0.5, 0.6) is 0 Å². The van der Waals surface area contributed by atoms with Crippen LogP contribution in [0.25, 0.3) is 0 Å². The maximum atomic E-state index is 9.32. The molecule has 0 aromatic carbocycles. The summed E-state index contributed by atoms with van der Waals surface area (Å²) < 4.78 is 21.2. The van der Waals surface area contributed by atoms with Gasteiger partial charge in [-0.1, -0.05) is 0 Å². The fourth-order valence-electron chi connectivity index (χ4n) is 0.122. The van der Waals surface area contributed by atoms with Crippen molar-refractivity contribution in [3.05, 3.63) is 0 Å². The second kappa shape index (κ2) is 4.05. The maximum Gasteiger partial charge on any atom is 4.00 e. The Morgan fingerprint density at radius 2 is 1.10 bits per heavy atom. The minimum absolute atomic E-state index is 0. The summed E-state index contributed by atoms with van der Waals surface area (Å²) in [6, 6.07) is 0. The molecule has 0 aliphatic heterocycles. The van der Waals surface area contributed by atoms with Crippen LogP contribution in [-0.4, -0.2) is 0 Å². The number of hydrogen-bond donors (Lipinski definition) is 0. The molecule has 0 bridgehead atoms. The van der Waals surface area contributed by atoms with Crippen molar-refractivity contribution >= 4 is 15.6 Å². The Morgan fingerprint density at radius 3 is 1.10 bits per heavy atom. The standard InChI is InChI=1S/H4O7P2.Ru/c1-8(2,3)7-9(4,5)6;/h(H2,1,2,3)(H2,4,5,6);/q;+4/p-4. The zero-order valence-corrected chi connectivity index (χ0v) is 7.63. The third kappa shape index (κ3) is 11.7. The molecule has 0 unspecified atom stereocenters. The Morgan fingerprint density at radius 1 is 0.900 bits per heavy atom. The van der Waals surface area contributed by atoms with Gasteiger partial charge in [0.15, 0.2) is 0 Å². The summed E-state index contributed by atoms with van der Waals surface area (Å²) in [6.07, 6.45) is 0.